The van der Waals surface area contributed by atoms with Crippen molar-refractivity contribution >= 4 is 6.03 Å². The molecule has 2 atom stereocenters. The van der Waals surface area contributed by atoms with E-state index in [1.807, 2.05) is 24.3 Å². The number of aliphatic hydroxyl groups is 1. The lowest BCUT2D eigenvalue weighted by Crippen LogP contribution is -2.39. The van der Waals surface area contributed by atoms with Crippen LogP contribution in [-0.4, -0.2) is 17.7 Å². The van der Waals surface area contributed by atoms with Gasteiger partial charge in [0.05, 0.1) is 18.7 Å². The number of carbonyl (C=O) groups is 1. The quantitative estimate of drug-likeness (QED) is 0.690. The molecule has 0 radical (unpaired) electrons. The maximum absolute atomic E-state index is 11.6. The lowest BCUT2D eigenvalue weighted by molar-refractivity contribution is 0.147. The van der Waals surface area contributed by atoms with E-state index in [0.29, 0.717) is 6.42 Å². The Morgan fingerprint density at radius 2 is 2.11 bits per heavy atom. The molecule has 0 aliphatic heterocycles. The number of amides is 2. The van der Waals surface area contributed by atoms with Crippen molar-refractivity contribution in [1.82, 2.24) is 10.6 Å². The van der Waals surface area contributed by atoms with Crippen molar-refractivity contribution in [3.63, 3.8) is 0 Å². The molecule has 18 heavy (non-hydrogen) atoms. The molecule has 1 aromatic rings. The molecule has 4 nitrogen and oxygen atoms in total. The zero-order valence-corrected chi connectivity index (χ0v) is 10.0. The lowest BCUT2D eigenvalue weighted by atomic mass is 9.86. The number of nitrogens with one attached hydrogen (secondary N) is 2. The van der Waals surface area contributed by atoms with Crippen molar-refractivity contribution in [2.75, 3.05) is 6.54 Å². The Hall–Kier alpha value is -1.99. The Morgan fingerprint density at radius 1 is 1.39 bits per heavy atom. The summed E-state index contributed by atoms with van der Waals surface area (Å²) in [6.45, 7) is 0.211. The molecule has 1 aliphatic rings. The molecule has 0 saturated heterocycles. The predicted octanol–water partition coefficient (Wildman–Crippen LogP) is 1.49. The first-order valence-electron chi connectivity index (χ1n) is 5.97. The van der Waals surface area contributed by atoms with Crippen LogP contribution in [0.4, 0.5) is 4.79 Å². The molecular weight excluding hydrogens is 228 g/mol. The maximum atomic E-state index is 11.6. The van der Waals surface area contributed by atoms with Crippen LogP contribution in [0.2, 0.25) is 0 Å². The van der Waals surface area contributed by atoms with Gasteiger partial charge < -0.3 is 15.7 Å². The molecule has 0 unspecified atom stereocenters. The van der Waals surface area contributed by atoms with Crippen LogP contribution in [0.5, 0.6) is 0 Å². The normalized spacial score (nSPS) is 21.6. The monoisotopic (exact) mass is 244 g/mol. The van der Waals surface area contributed by atoms with Gasteiger partial charge in [-0.1, -0.05) is 30.2 Å². The molecule has 1 aliphatic carbocycles. The summed E-state index contributed by atoms with van der Waals surface area (Å²) in [6, 6.07) is 7.29. The van der Waals surface area contributed by atoms with Crippen LogP contribution in [0.3, 0.4) is 0 Å². The maximum Gasteiger partial charge on any atom is 0.316 e. The predicted molar refractivity (Wildman–Crippen MR) is 68.7 cm³/mol. The van der Waals surface area contributed by atoms with Gasteiger partial charge in [0.2, 0.25) is 0 Å². The minimum Gasteiger partial charge on any atom is -0.388 e. The Kier molecular flexibility index (Phi) is 3.85. The van der Waals surface area contributed by atoms with E-state index in [0.717, 1.165) is 17.5 Å². The molecule has 3 N–H and O–H groups in total. The van der Waals surface area contributed by atoms with Crippen molar-refractivity contribution < 1.29 is 9.90 Å². The summed E-state index contributed by atoms with van der Waals surface area (Å²) < 4.78 is 0. The average molecular weight is 244 g/mol. The second-order valence-corrected chi connectivity index (χ2v) is 4.31. The van der Waals surface area contributed by atoms with Gasteiger partial charge in [0.1, 0.15) is 0 Å². The minimum atomic E-state index is -0.437. The Bertz CT molecular complexity index is 479. The highest BCUT2D eigenvalue weighted by molar-refractivity contribution is 5.74. The van der Waals surface area contributed by atoms with Crippen LogP contribution < -0.4 is 10.6 Å². The van der Waals surface area contributed by atoms with Crippen molar-refractivity contribution in [3.8, 4) is 12.3 Å². The highest BCUT2D eigenvalue weighted by Crippen LogP contribution is 2.35. The molecular formula is C14H16N2O2. The molecule has 0 heterocycles. The molecule has 1 aromatic carbocycles. The van der Waals surface area contributed by atoms with E-state index in [1.165, 1.54) is 0 Å². The van der Waals surface area contributed by atoms with E-state index in [4.69, 9.17) is 6.42 Å². The summed E-state index contributed by atoms with van der Waals surface area (Å²) in [4.78, 5) is 11.6. The van der Waals surface area contributed by atoms with Crippen molar-refractivity contribution in [2.45, 2.75) is 25.0 Å². The van der Waals surface area contributed by atoms with Crippen LogP contribution in [0.1, 0.15) is 36.1 Å². The van der Waals surface area contributed by atoms with Gasteiger partial charge in [0, 0.05) is 0 Å². The van der Waals surface area contributed by atoms with Crippen LogP contribution in [0, 0.1) is 12.3 Å². The third-order valence-corrected chi connectivity index (χ3v) is 3.12. The first kappa shape index (κ1) is 12.5. The third-order valence-electron chi connectivity index (χ3n) is 3.12. The molecule has 0 aromatic heterocycles. The lowest BCUT2D eigenvalue weighted by Gasteiger charge is -2.29. The van der Waals surface area contributed by atoms with Crippen LogP contribution >= 0.6 is 0 Å². The topological polar surface area (TPSA) is 61.4 Å². The number of fused-ring (bicyclic) bond motifs is 1. The van der Waals surface area contributed by atoms with Crippen molar-refractivity contribution in [3.05, 3.63) is 35.4 Å². The van der Waals surface area contributed by atoms with E-state index in [2.05, 4.69) is 16.6 Å². The zero-order valence-electron chi connectivity index (χ0n) is 10.0. The van der Waals surface area contributed by atoms with Gasteiger partial charge in [0.25, 0.3) is 0 Å². The number of urea groups is 1. The average Bonchev–Trinajstić information content (AvgIpc) is 2.40. The molecule has 2 amide bonds. The van der Waals surface area contributed by atoms with Gasteiger partial charge in [-0.15, -0.1) is 6.42 Å². The van der Waals surface area contributed by atoms with Crippen molar-refractivity contribution in [2.24, 2.45) is 0 Å². The minimum absolute atomic E-state index is 0.0672. The van der Waals surface area contributed by atoms with E-state index in [9.17, 15) is 9.90 Å². The van der Waals surface area contributed by atoms with Gasteiger partial charge in [-0.25, -0.2) is 4.79 Å². The fourth-order valence-corrected chi connectivity index (χ4v) is 2.26. The molecule has 94 valence electrons. The molecule has 0 spiro atoms. The van der Waals surface area contributed by atoms with Gasteiger partial charge in [-0.05, 0) is 24.0 Å². The number of hydrogen-bond donors (Lipinski definition) is 3. The summed E-state index contributed by atoms with van der Waals surface area (Å²) >= 11 is 0. The number of aliphatic hydroxyl groups excluding tert-OH is 1. The third kappa shape index (κ3) is 2.63. The highest BCUT2D eigenvalue weighted by atomic mass is 16.3. The van der Waals surface area contributed by atoms with E-state index >= 15 is 0 Å². The van der Waals surface area contributed by atoms with Crippen LogP contribution in [0.25, 0.3) is 0 Å². The largest absolute Gasteiger partial charge is 0.388 e. The molecule has 0 bridgehead atoms. The van der Waals surface area contributed by atoms with Crippen LogP contribution in [0.15, 0.2) is 24.3 Å². The van der Waals surface area contributed by atoms with Crippen LogP contribution in [-0.2, 0) is 0 Å². The summed E-state index contributed by atoms with van der Waals surface area (Å²) in [6.07, 6.45) is 6.02. The smallest absolute Gasteiger partial charge is 0.316 e. The number of carbonyl (C=O) groups excluding carboxylic acids is 1. The highest BCUT2D eigenvalue weighted by Gasteiger charge is 2.26. The standard InChI is InChI=1S/C14H16N2O2/c1-2-9-15-14(18)16-12-7-8-13(17)11-6-4-3-5-10(11)12/h1,3-6,12-13,17H,7-9H2,(H2,15,16,18)/t12-,13-/m0/s1. The first-order valence-corrected chi connectivity index (χ1v) is 5.97. The van der Waals surface area contributed by atoms with Gasteiger partial charge in [-0.2, -0.15) is 0 Å². The summed E-state index contributed by atoms with van der Waals surface area (Å²) in [5, 5.41) is 15.3. The Morgan fingerprint density at radius 3 is 2.83 bits per heavy atom. The van der Waals surface area contributed by atoms with E-state index in [1.54, 1.807) is 0 Å². The van der Waals surface area contributed by atoms with E-state index < -0.39 is 6.10 Å². The molecule has 2 rings (SSSR count). The number of hydrogen-bond acceptors (Lipinski definition) is 2. The second kappa shape index (κ2) is 5.56. The Balaban J connectivity index is 2.10. The van der Waals surface area contributed by atoms with Gasteiger partial charge in [-0.3, -0.25) is 0 Å². The summed E-state index contributed by atoms with van der Waals surface area (Å²) in [7, 11) is 0. The summed E-state index contributed by atoms with van der Waals surface area (Å²) in [5.74, 6) is 2.35. The fourth-order valence-electron chi connectivity index (χ4n) is 2.26. The van der Waals surface area contributed by atoms with E-state index in [-0.39, 0.29) is 18.6 Å². The Labute approximate surface area is 106 Å². The summed E-state index contributed by atoms with van der Waals surface area (Å²) in [5.41, 5.74) is 1.87. The fraction of sp³-hybridized carbons (Fsp3) is 0.357. The zero-order chi connectivity index (χ0) is 13.0. The molecule has 0 saturated carbocycles. The SMILES string of the molecule is C#CCNC(=O)N[C@H]1CC[C@H](O)c2ccccc21. The van der Waals surface area contributed by atoms with Gasteiger partial charge >= 0.3 is 6.03 Å². The second-order valence-electron chi connectivity index (χ2n) is 4.31. The molecule has 4 heteroatoms. The van der Waals surface area contributed by atoms with Crippen molar-refractivity contribution in [1.29, 1.82) is 0 Å². The number of rotatable bonds is 2. The first-order chi connectivity index (χ1) is 8.72. The number of benzene rings is 1. The van der Waals surface area contributed by atoms with Gasteiger partial charge in [0.15, 0.2) is 0 Å². The number of terminal acetylenes is 1. The molecule has 0 fully saturated rings.